The van der Waals surface area contributed by atoms with E-state index in [9.17, 15) is 9.59 Å². The van der Waals surface area contributed by atoms with E-state index in [1.807, 2.05) is 6.92 Å². The van der Waals surface area contributed by atoms with Crippen LogP contribution in [0.4, 0.5) is 0 Å². The maximum absolute atomic E-state index is 11.2. The number of hydrogen-bond acceptors (Lipinski definition) is 3. The number of hydrogen-bond donors (Lipinski definition) is 0. The van der Waals surface area contributed by atoms with Gasteiger partial charge in [0.15, 0.2) is 16.8 Å². The van der Waals surface area contributed by atoms with Crippen molar-refractivity contribution in [2.24, 2.45) is 0 Å². The Morgan fingerprint density at radius 2 is 1.77 bits per heavy atom. The van der Waals surface area contributed by atoms with Gasteiger partial charge in [-0.2, -0.15) is 0 Å². The van der Waals surface area contributed by atoms with Crippen LogP contribution in [0, 0.1) is 0 Å². The molecule has 76 valence electrons. The third-order valence-electron chi connectivity index (χ3n) is 2.23. The number of carbonyl (C=O) groups is 2. The zero-order chi connectivity index (χ0) is 10.5. The molecule has 0 radical (unpaired) electrons. The van der Waals surface area contributed by atoms with E-state index in [1.54, 1.807) is 0 Å². The average Bonchev–Trinajstić information content (AvgIpc) is 2.03. The molecule has 0 rings (SSSR count). The van der Waals surface area contributed by atoms with E-state index in [0.717, 1.165) is 12.8 Å². The predicted molar refractivity (Wildman–Crippen MR) is 54.9 cm³/mol. The van der Waals surface area contributed by atoms with Crippen LogP contribution in [0.3, 0.4) is 0 Å². The smallest absolute Gasteiger partial charge is 0.164 e. The Labute approximate surface area is 82.3 Å². The summed E-state index contributed by atoms with van der Waals surface area (Å²) in [6.45, 7) is 5.37. The average molecular weight is 202 g/mol. The van der Waals surface area contributed by atoms with E-state index in [0.29, 0.717) is 16.8 Å². The third-order valence-corrected chi connectivity index (χ3v) is 3.93. The van der Waals surface area contributed by atoms with Gasteiger partial charge in [-0.3, -0.25) is 9.59 Å². The lowest BCUT2D eigenvalue weighted by atomic mass is 10.1. The van der Waals surface area contributed by atoms with Crippen molar-refractivity contribution in [2.75, 3.05) is 6.61 Å². The van der Waals surface area contributed by atoms with E-state index >= 15 is 0 Å². The number of unbranched alkanes of at least 4 members (excludes halogenated alkanes) is 1. The molecular formula is C9H18O3Si. The van der Waals surface area contributed by atoms with E-state index < -0.39 is 5.22 Å². The van der Waals surface area contributed by atoms with Crippen molar-refractivity contribution in [3.8, 4) is 0 Å². The van der Waals surface area contributed by atoms with Gasteiger partial charge in [0.05, 0.1) is 10.2 Å². The minimum atomic E-state index is -1.09. The normalized spacial score (nSPS) is 11.6. The fraction of sp³-hybridized carbons (Fsp3) is 0.778. The van der Waals surface area contributed by atoms with Crippen LogP contribution in [0.15, 0.2) is 0 Å². The minimum Gasteiger partial charge on any atom is -0.364 e. The molecule has 0 spiro atoms. The number of carbonyl (C=O) groups excluding carboxylic acids is 2. The molecule has 0 N–H and O–H groups in total. The van der Waals surface area contributed by atoms with Crippen molar-refractivity contribution < 1.29 is 14.3 Å². The molecule has 0 atom stereocenters. The van der Waals surface area contributed by atoms with Gasteiger partial charge >= 0.3 is 0 Å². The predicted octanol–water partition coefficient (Wildman–Crippen LogP) is 0.0428. The number of Topliss-reactive ketones (excluding diaryl/α,β-unsaturated/α-hetero) is 2. The number of rotatable bonds is 6. The van der Waals surface area contributed by atoms with Crippen LogP contribution >= 0.6 is 0 Å². The molecule has 4 heteroatoms. The summed E-state index contributed by atoms with van der Waals surface area (Å²) >= 11 is 0. The Hall–Kier alpha value is -0.483. The van der Waals surface area contributed by atoms with Crippen molar-refractivity contribution in [2.45, 2.75) is 38.8 Å². The van der Waals surface area contributed by atoms with Gasteiger partial charge in [0.25, 0.3) is 0 Å². The first-order valence-corrected chi connectivity index (χ1v) is 5.61. The summed E-state index contributed by atoms with van der Waals surface area (Å²) in [5.74, 6) is -0.328. The van der Waals surface area contributed by atoms with Crippen LogP contribution in [-0.4, -0.2) is 33.6 Å². The molecule has 0 aliphatic heterocycles. The maximum Gasteiger partial charge on any atom is 0.164 e. The summed E-state index contributed by atoms with van der Waals surface area (Å²) in [5.41, 5.74) is 0. The highest BCUT2D eigenvalue weighted by Crippen LogP contribution is 2.10. The van der Waals surface area contributed by atoms with Gasteiger partial charge in [-0.1, -0.05) is 13.3 Å². The van der Waals surface area contributed by atoms with Gasteiger partial charge in [0.2, 0.25) is 0 Å². The summed E-state index contributed by atoms with van der Waals surface area (Å²) in [6.07, 6.45) is 1.90. The molecule has 0 amide bonds. The number of ether oxygens (including phenoxy) is 1. The molecule has 3 nitrogen and oxygen atoms in total. The molecule has 0 aromatic heterocycles. The molecule has 0 aliphatic carbocycles. The van der Waals surface area contributed by atoms with Crippen LogP contribution in [0.1, 0.15) is 33.6 Å². The van der Waals surface area contributed by atoms with Gasteiger partial charge in [0, 0.05) is 6.61 Å². The highest BCUT2D eigenvalue weighted by atomic mass is 28.1. The standard InChI is InChI=1S/C9H18O3Si/c1-4-5-6-12-9(13,7(2)10)8(3)11/h4-6H2,1-3,13H3. The van der Waals surface area contributed by atoms with E-state index in [2.05, 4.69) is 0 Å². The summed E-state index contributed by atoms with van der Waals surface area (Å²) < 4.78 is 5.36. The van der Waals surface area contributed by atoms with Crippen LogP contribution in [0.5, 0.6) is 0 Å². The highest BCUT2D eigenvalue weighted by Gasteiger charge is 2.35. The Morgan fingerprint density at radius 3 is 2.08 bits per heavy atom. The molecule has 0 bridgehead atoms. The fourth-order valence-electron chi connectivity index (χ4n) is 0.872. The van der Waals surface area contributed by atoms with Crippen LogP contribution in [-0.2, 0) is 14.3 Å². The van der Waals surface area contributed by atoms with Gasteiger partial charge in [-0.15, -0.1) is 0 Å². The third kappa shape index (κ3) is 3.40. The van der Waals surface area contributed by atoms with E-state index in [4.69, 9.17) is 4.74 Å². The summed E-state index contributed by atoms with van der Waals surface area (Å²) in [4.78, 5) is 22.4. The molecule has 0 heterocycles. The lowest BCUT2D eigenvalue weighted by Crippen LogP contribution is -2.47. The summed E-state index contributed by atoms with van der Waals surface area (Å²) in [5, 5.41) is -1.09. The van der Waals surface area contributed by atoms with Crippen molar-refractivity contribution >= 4 is 21.8 Å². The van der Waals surface area contributed by atoms with Crippen LogP contribution in [0.2, 0.25) is 0 Å². The lowest BCUT2D eigenvalue weighted by Gasteiger charge is -2.24. The zero-order valence-corrected chi connectivity index (χ0v) is 10.8. The second-order valence-electron chi connectivity index (χ2n) is 3.35. The topological polar surface area (TPSA) is 43.4 Å². The van der Waals surface area contributed by atoms with E-state index in [1.165, 1.54) is 13.8 Å². The largest absolute Gasteiger partial charge is 0.364 e. The molecule has 0 aromatic rings. The van der Waals surface area contributed by atoms with Crippen LogP contribution < -0.4 is 0 Å². The molecule has 0 fully saturated rings. The van der Waals surface area contributed by atoms with Crippen molar-refractivity contribution in [3.05, 3.63) is 0 Å². The van der Waals surface area contributed by atoms with Gasteiger partial charge in [-0.25, -0.2) is 0 Å². The molecule has 13 heavy (non-hydrogen) atoms. The monoisotopic (exact) mass is 202 g/mol. The van der Waals surface area contributed by atoms with Gasteiger partial charge in [-0.05, 0) is 20.3 Å². The first-order chi connectivity index (χ1) is 5.95. The van der Waals surface area contributed by atoms with Gasteiger partial charge < -0.3 is 4.74 Å². The zero-order valence-electron chi connectivity index (χ0n) is 8.85. The first kappa shape index (κ1) is 12.5. The first-order valence-electron chi connectivity index (χ1n) is 4.61. The summed E-state index contributed by atoms with van der Waals surface area (Å²) in [7, 11) is 0.433. The Bertz CT molecular complexity index is 187. The molecule has 0 unspecified atom stereocenters. The van der Waals surface area contributed by atoms with Crippen molar-refractivity contribution in [3.63, 3.8) is 0 Å². The Balaban J connectivity index is 4.26. The highest BCUT2D eigenvalue weighted by molar-refractivity contribution is 6.40. The second kappa shape index (κ2) is 5.29. The van der Waals surface area contributed by atoms with E-state index in [-0.39, 0.29) is 11.6 Å². The fourth-order valence-corrected chi connectivity index (χ4v) is 1.08. The molecule has 0 aromatic carbocycles. The quantitative estimate of drug-likeness (QED) is 0.347. The lowest BCUT2D eigenvalue weighted by molar-refractivity contribution is -0.145. The molecule has 0 saturated heterocycles. The molecule has 0 saturated carbocycles. The van der Waals surface area contributed by atoms with Crippen molar-refractivity contribution in [1.29, 1.82) is 0 Å². The number of ketones is 2. The second-order valence-corrected chi connectivity index (χ2v) is 4.76. The maximum atomic E-state index is 11.2. The SMILES string of the molecule is CCCCOC([SiH3])(C(C)=O)C(C)=O. The van der Waals surface area contributed by atoms with Crippen LogP contribution in [0.25, 0.3) is 0 Å². The Morgan fingerprint density at radius 1 is 1.31 bits per heavy atom. The molecular weight excluding hydrogens is 184 g/mol. The minimum absolute atomic E-state index is 0.164. The van der Waals surface area contributed by atoms with Crippen molar-refractivity contribution in [1.82, 2.24) is 0 Å². The summed E-state index contributed by atoms with van der Waals surface area (Å²) in [6, 6.07) is 0. The Kier molecular flexibility index (Phi) is 5.09. The molecule has 0 aliphatic rings. The van der Waals surface area contributed by atoms with Gasteiger partial charge in [0.1, 0.15) is 0 Å².